The molecular weight excluding hydrogens is 269 g/mol. The van der Waals surface area contributed by atoms with E-state index in [1.165, 1.54) is 0 Å². The van der Waals surface area contributed by atoms with Crippen LogP contribution in [0.1, 0.15) is 18.4 Å². The minimum Gasteiger partial charge on any atom is -0.301 e. The van der Waals surface area contributed by atoms with E-state index in [4.69, 9.17) is 0 Å². The van der Waals surface area contributed by atoms with Crippen molar-refractivity contribution in [2.24, 2.45) is 10.9 Å². The Morgan fingerprint density at radius 1 is 1.25 bits per heavy atom. The van der Waals surface area contributed by atoms with Crippen molar-refractivity contribution in [3.05, 3.63) is 29.8 Å². The third-order valence-corrected chi connectivity index (χ3v) is 3.46. The van der Waals surface area contributed by atoms with Gasteiger partial charge in [-0.1, -0.05) is 18.2 Å². The maximum atomic E-state index is 12.7. The van der Waals surface area contributed by atoms with Crippen molar-refractivity contribution in [3.63, 3.8) is 0 Å². The molecule has 2 aliphatic rings. The second kappa shape index (κ2) is 4.61. The van der Waals surface area contributed by atoms with Crippen LogP contribution >= 0.6 is 0 Å². The SMILES string of the molecule is O=C1CN=C(C2CC2)c2ccccc2N1CC(F)(F)F. The highest BCUT2D eigenvalue weighted by Gasteiger charge is 2.38. The van der Waals surface area contributed by atoms with Crippen molar-refractivity contribution >= 4 is 17.3 Å². The smallest absolute Gasteiger partial charge is 0.301 e. The summed E-state index contributed by atoms with van der Waals surface area (Å²) in [4.78, 5) is 17.0. The Morgan fingerprint density at radius 2 is 1.95 bits per heavy atom. The lowest BCUT2D eigenvalue weighted by molar-refractivity contribution is -0.131. The summed E-state index contributed by atoms with van der Waals surface area (Å²) in [6.07, 6.45) is -2.45. The highest BCUT2D eigenvalue weighted by Crippen LogP contribution is 2.38. The summed E-state index contributed by atoms with van der Waals surface area (Å²) in [7, 11) is 0. The average Bonchev–Trinajstić information content (AvgIpc) is 3.19. The number of anilines is 1. The zero-order chi connectivity index (χ0) is 14.3. The summed E-state index contributed by atoms with van der Waals surface area (Å²) >= 11 is 0. The molecule has 0 radical (unpaired) electrons. The van der Waals surface area contributed by atoms with Gasteiger partial charge in [-0.3, -0.25) is 9.79 Å². The van der Waals surface area contributed by atoms with Crippen LogP contribution in [0.2, 0.25) is 0 Å². The van der Waals surface area contributed by atoms with Crippen molar-refractivity contribution in [2.45, 2.75) is 19.0 Å². The molecule has 0 atom stereocenters. The Morgan fingerprint density at radius 3 is 2.60 bits per heavy atom. The largest absolute Gasteiger partial charge is 0.406 e. The van der Waals surface area contributed by atoms with Crippen molar-refractivity contribution < 1.29 is 18.0 Å². The molecule has 0 N–H and O–H groups in total. The molecule has 3 rings (SSSR count). The van der Waals surface area contributed by atoms with Crippen molar-refractivity contribution in [1.29, 1.82) is 0 Å². The van der Waals surface area contributed by atoms with Crippen LogP contribution in [0.5, 0.6) is 0 Å². The van der Waals surface area contributed by atoms with Crippen molar-refractivity contribution in [2.75, 3.05) is 18.0 Å². The van der Waals surface area contributed by atoms with E-state index < -0.39 is 18.6 Å². The fourth-order valence-electron chi connectivity index (χ4n) is 2.44. The molecule has 1 aromatic rings. The molecule has 20 heavy (non-hydrogen) atoms. The van der Waals surface area contributed by atoms with Gasteiger partial charge in [0.25, 0.3) is 0 Å². The molecular formula is C14H13F3N2O. The molecule has 6 heteroatoms. The number of benzodiazepines with no additional fused rings is 1. The predicted octanol–water partition coefficient (Wildman–Crippen LogP) is 2.79. The molecule has 106 valence electrons. The molecule has 0 aromatic heterocycles. The monoisotopic (exact) mass is 282 g/mol. The van der Waals surface area contributed by atoms with E-state index in [9.17, 15) is 18.0 Å². The number of hydrogen-bond acceptors (Lipinski definition) is 2. The number of benzene rings is 1. The molecule has 0 unspecified atom stereocenters. The minimum atomic E-state index is -4.42. The number of rotatable bonds is 2. The van der Waals surface area contributed by atoms with Crippen LogP contribution in [-0.2, 0) is 4.79 Å². The second-order valence-corrected chi connectivity index (χ2v) is 5.09. The predicted molar refractivity (Wildman–Crippen MR) is 69.0 cm³/mol. The van der Waals surface area contributed by atoms with E-state index in [0.717, 1.165) is 23.5 Å². The van der Waals surface area contributed by atoms with Gasteiger partial charge in [-0.05, 0) is 18.9 Å². The van der Waals surface area contributed by atoms with Crippen LogP contribution in [-0.4, -0.2) is 30.9 Å². The van der Waals surface area contributed by atoms with Crippen molar-refractivity contribution in [3.8, 4) is 0 Å². The molecule has 1 amide bonds. The molecule has 1 saturated carbocycles. The van der Waals surface area contributed by atoms with E-state index >= 15 is 0 Å². The summed E-state index contributed by atoms with van der Waals surface area (Å²) < 4.78 is 38.0. The number of amides is 1. The fraction of sp³-hybridized carbons (Fsp3) is 0.429. The van der Waals surface area contributed by atoms with Crippen LogP contribution in [0, 0.1) is 5.92 Å². The van der Waals surface area contributed by atoms with E-state index in [1.54, 1.807) is 24.3 Å². The quantitative estimate of drug-likeness (QED) is 0.821. The molecule has 0 spiro atoms. The highest BCUT2D eigenvalue weighted by atomic mass is 19.4. The van der Waals surface area contributed by atoms with Gasteiger partial charge >= 0.3 is 6.18 Å². The van der Waals surface area contributed by atoms with Gasteiger partial charge in [0.1, 0.15) is 13.1 Å². The van der Waals surface area contributed by atoms with Gasteiger partial charge < -0.3 is 4.90 Å². The zero-order valence-electron chi connectivity index (χ0n) is 10.7. The molecule has 0 bridgehead atoms. The topological polar surface area (TPSA) is 32.7 Å². The van der Waals surface area contributed by atoms with Gasteiger partial charge in [0.05, 0.1) is 5.69 Å². The summed E-state index contributed by atoms with van der Waals surface area (Å²) in [6, 6.07) is 6.71. The normalized spacial score (nSPS) is 19.4. The first-order valence-corrected chi connectivity index (χ1v) is 6.46. The maximum absolute atomic E-state index is 12.7. The van der Waals surface area contributed by atoms with Gasteiger partial charge in [0.15, 0.2) is 0 Å². The molecule has 0 saturated heterocycles. The van der Waals surface area contributed by atoms with Crippen LogP contribution in [0.25, 0.3) is 0 Å². The Labute approximate surface area is 114 Å². The van der Waals surface area contributed by atoms with Gasteiger partial charge in [-0.25, -0.2) is 0 Å². The summed E-state index contributed by atoms with van der Waals surface area (Å²) in [6.45, 7) is -1.48. The van der Waals surface area contributed by atoms with Gasteiger partial charge in [-0.15, -0.1) is 0 Å². The second-order valence-electron chi connectivity index (χ2n) is 5.09. The number of fused-ring (bicyclic) bond motifs is 1. The first-order valence-electron chi connectivity index (χ1n) is 6.46. The molecule has 1 aliphatic carbocycles. The van der Waals surface area contributed by atoms with Crippen LogP contribution < -0.4 is 4.90 Å². The minimum absolute atomic E-state index is 0.212. The number of halogens is 3. The molecule has 3 nitrogen and oxygen atoms in total. The lowest BCUT2D eigenvalue weighted by Crippen LogP contribution is -2.40. The molecule has 1 aromatic carbocycles. The lowest BCUT2D eigenvalue weighted by atomic mass is 10.0. The molecule has 1 heterocycles. The fourth-order valence-corrected chi connectivity index (χ4v) is 2.44. The Balaban J connectivity index is 2.04. The first kappa shape index (κ1) is 13.1. The number of para-hydroxylation sites is 1. The summed E-state index contributed by atoms with van der Waals surface area (Å²) in [5.74, 6) is -0.319. The maximum Gasteiger partial charge on any atom is 0.406 e. The Hall–Kier alpha value is -1.85. The standard InChI is InChI=1S/C14H13F3N2O/c15-14(16,17)8-19-11-4-2-1-3-10(11)13(9-5-6-9)18-7-12(19)20/h1-4,9H,5-8H2. The molecule has 1 aliphatic heterocycles. The third-order valence-electron chi connectivity index (χ3n) is 3.46. The van der Waals surface area contributed by atoms with Crippen LogP contribution in [0.4, 0.5) is 18.9 Å². The number of carbonyl (C=O) groups is 1. The van der Waals surface area contributed by atoms with Crippen LogP contribution in [0.3, 0.4) is 0 Å². The molecule has 1 fully saturated rings. The number of nitrogens with zero attached hydrogens (tertiary/aromatic N) is 2. The third kappa shape index (κ3) is 2.55. The van der Waals surface area contributed by atoms with E-state index in [0.29, 0.717) is 11.3 Å². The zero-order valence-corrected chi connectivity index (χ0v) is 10.7. The number of hydrogen-bond donors (Lipinski definition) is 0. The van der Waals surface area contributed by atoms with Gasteiger partial charge in [0.2, 0.25) is 5.91 Å². The van der Waals surface area contributed by atoms with E-state index in [-0.39, 0.29) is 12.5 Å². The van der Waals surface area contributed by atoms with Gasteiger partial charge in [0, 0.05) is 17.2 Å². The number of aliphatic imine (C=N–C) groups is 1. The van der Waals surface area contributed by atoms with Crippen molar-refractivity contribution in [1.82, 2.24) is 0 Å². The highest BCUT2D eigenvalue weighted by molar-refractivity contribution is 6.13. The summed E-state index contributed by atoms with van der Waals surface area (Å²) in [5, 5.41) is 0. The number of alkyl halides is 3. The number of carbonyl (C=O) groups excluding carboxylic acids is 1. The average molecular weight is 282 g/mol. The lowest BCUT2D eigenvalue weighted by Gasteiger charge is -2.24. The van der Waals surface area contributed by atoms with E-state index in [1.807, 2.05) is 0 Å². The summed E-state index contributed by atoms with van der Waals surface area (Å²) in [5.41, 5.74) is 1.75. The first-order chi connectivity index (χ1) is 9.46. The Kier molecular flexibility index (Phi) is 3.03. The van der Waals surface area contributed by atoms with Crippen LogP contribution in [0.15, 0.2) is 29.3 Å². The Bertz CT molecular complexity index is 576. The van der Waals surface area contributed by atoms with E-state index in [2.05, 4.69) is 4.99 Å². The van der Waals surface area contributed by atoms with Gasteiger partial charge in [-0.2, -0.15) is 13.2 Å².